The number of rotatable bonds is 5. The Hall–Kier alpha value is -1.92. The van der Waals surface area contributed by atoms with E-state index in [9.17, 15) is 9.00 Å². The number of hydrogen-bond donors (Lipinski definition) is 0. The number of amides is 1. The molecule has 6 heteroatoms. The topological polar surface area (TPSA) is 53.8 Å². The first-order chi connectivity index (χ1) is 12.1. The van der Waals surface area contributed by atoms with Crippen LogP contribution < -0.4 is 0 Å². The molecule has 0 saturated carbocycles. The van der Waals surface area contributed by atoms with Crippen molar-refractivity contribution in [3.8, 4) is 0 Å². The van der Waals surface area contributed by atoms with E-state index in [0.717, 1.165) is 43.2 Å². The first-order valence-corrected chi connectivity index (χ1v) is 9.94. The molecule has 2 heterocycles. The molecular weight excluding hydrogens is 336 g/mol. The van der Waals surface area contributed by atoms with Gasteiger partial charge >= 0.3 is 0 Å². The molecule has 25 heavy (non-hydrogen) atoms. The number of likely N-dealkylation sites (N-methyl/N-ethyl adjacent to an activating group) is 1. The quantitative estimate of drug-likeness (QED) is 0.823. The summed E-state index contributed by atoms with van der Waals surface area (Å²) >= 11 is 0. The lowest BCUT2D eigenvalue weighted by molar-refractivity contribution is 0.0611. The normalized spacial score (nSPS) is 16.8. The molecule has 1 amide bonds. The predicted molar refractivity (Wildman–Crippen MR) is 98.0 cm³/mol. The van der Waals surface area contributed by atoms with Crippen molar-refractivity contribution >= 4 is 16.7 Å². The van der Waals surface area contributed by atoms with Gasteiger partial charge in [0.1, 0.15) is 5.76 Å². The first-order valence-electron chi connectivity index (χ1n) is 8.62. The first kappa shape index (κ1) is 17.9. The number of piperazine rings is 1. The molecule has 1 aromatic carbocycles. The van der Waals surface area contributed by atoms with Crippen molar-refractivity contribution in [2.75, 3.05) is 32.7 Å². The van der Waals surface area contributed by atoms with Crippen LogP contribution in [0.4, 0.5) is 0 Å². The number of benzene rings is 1. The van der Waals surface area contributed by atoms with Crippen LogP contribution in [0.15, 0.2) is 45.7 Å². The maximum Gasteiger partial charge on any atom is 0.289 e. The van der Waals surface area contributed by atoms with E-state index in [2.05, 4.69) is 11.8 Å². The van der Waals surface area contributed by atoms with Crippen molar-refractivity contribution < 1.29 is 13.4 Å². The van der Waals surface area contributed by atoms with Gasteiger partial charge in [0.15, 0.2) is 5.76 Å². The summed E-state index contributed by atoms with van der Waals surface area (Å²) in [6, 6.07) is 11.1. The summed E-state index contributed by atoms with van der Waals surface area (Å²) in [5.41, 5.74) is 1.08. The van der Waals surface area contributed by atoms with Gasteiger partial charge in [0.2, 0.25) is 0 Å². The Balaban J connectivity index is 1.62. The average Bonchev–Trinajstić information content (AvgIpc) is 3.09. The third-order valence-corrected chi connectivity index (χ3v) is 5.83. The Bertz CT molecular complexity index is 764. The summed E-state index contributed by atoms with van der Waals surface area (Å²) in [4.78, 5) is 17.5. The summed E-state index contributed by atoms with van der Waals surface area (Å²) in [6.07, 6.45) is 0. The zero-order chi connectivity index (χ0) is 17.8. The number of aryl methyl sites for hydroxylation is 1. The van der Waals surface area contributed by atoms with Crippen LogP contribution in [0.5, 0.6) is 0 Å². The molecule has 134 valence electrons. The fourth-order valence-electron chi connectivity index (χ4n) is 2.96. The Morgan fingerprint density at radius 1 is 1.16 bits per heavy atom. The van der Waals surface area contributed by atoms with Gasteiger partial charge in [-0.05, 0) is 43.3 Å². The van der Waals surface area contributed by atoms with Gasteiger partial charge in [-0.25, -0.2) is 0 Å². The fraction of sp³-hybridized carbons (Fsp3) is 0.421. The highest BCUT2D eigenvalue weighted by atomic mass is 32.2. The van der Waals surface area contributed by atoms with Gasteiger partial charge in [-0.15, -0.1) is 0 Å². The highest BCUT2D eigenvalue weighted by molar-refractivity contribution is 7.84. The monoisotopic (exact) mass is 360 g/mol. The van der Waals surface area contributed by atoms with E-state index < -0.39 is 10.8 Å². The van der Waals surface area contributed by atoms with Crippen molar-refractivity contribution in [2.24, 2.45) is 0 Å². The molecule has 1 atom stereocenters. The largest absolute Gasteiger partial charge is 0.455 e. The Kier molecular flexibility index (Phi) is 5.71. The van der Waals surface area contributed by atoms with E-state index in [1.54, 1.807) is 12.1 Å². The number of furan rings is 1. The van der Waals surface area contributed by atoms with Crippen molar-refractivity contribution in [3.05, 3.63) is 53.5 Å². The molecule has 0 spiro atoms. The second-order valence-electron chi connectivity index (χ2n) is 6.30. The highest BCUT2D eigenvalue weighted by Crippen LogP contribution is 2.17. The molecule has 0 radical (unpaired) electrons. The molecule has 2 aromatic rings. The summed E-state index contributed by atoms with van der Waals surface area (Å²) in [6.45, 7) is 8.35. The Morgan fingerprint density at radius 2 is 1.92 bits per heavy atom. The van der Waals surface area contributed by atoms with E-state index in [1.807, 2.05) is 36.1 Å². The van der Waals surface area contributed by atoms with Crippen LogP contribution in [0.25, 0.3) is 0 Å². The molecule has 0 bridgehead atoms. The van der Waals surface area contributed by atoms with Crippen LogP contribution in [0.2, 0.25) is 0 Å². The van der Waals surface area contributed by atoms with Crippen LogP contribution in [-0.4, -0.2) is 52.6 Å². The van der Waals surface area contributed by atoms with Crippen molar-refractivity contribution in [1.29, 1.82) is 0 Å². The molecule has 5 nitrogen and oxygen atoms in total. The maximum absolute atomic E-state index is 12.5. The van der Waals surface area contributed by atoms with Crippen molar-refractivity contribution in [3.63, 3.8) is 0 Å². The minimum Gasteiger partial charge on any atom is -0.455 e. The van der Waals surface area contributed by atoms with Gasteiger partial charge in [0, 0.05) is 31.1 Å². The van der Waals surface area contributed by atoms with Crippen molar-refractivity contribution in [1.82, 2.24) is 9.80 Å². The summed E-state index contributed by atoms with van der Waals surface area (Å²) in [5, 5.41) is 0. The molecule has 1 aliphatic heterocycles. The zero-order valence-electron chi connectivity index (χ0n) is 14.7. The van der Waals surface area contributed by atoms with E-state index in [1.165, 1.54) is 0 Å². The minimum atomic E-state index is -1.18. The summed E-state index contributed by atoms with van der Waals surface area (Å²) in [5.74, 6) is 1.11. The van der Waals surface area contributed by atoms with Gasteiger partial charge in [-0.2, -0.15) is 0 Å². The number of carbonyl (C=O) groups excluding carboxylic acids is 1. The molecule has 1 aromatic heterocycles. The lowest BCUT2D eigenvalue weighted by Gasteiger charge is -2.33. The standard InChI is InChI=1S/C19H24N2O3S/c1-3-20-9-11-21(12-10-20)19(22)18-8-7-16(24-18)14-25(23)17-6-4-5-15(2)13-17/h4-8,13H,3,9-12,14H2,1-2H3/t25-/m0/s1. The molecular formula is C19H24N2O3S. The van der Waals surface area contributed by atoms with Crippen LogP contribution in [0.3, 0.4) is 0 Å². The smallest absolute Gasteiger partial charge is 0.289 e. The lowest BCUT2D eigenvalue weighted by Crippen LogP contribution is -2.48. The van der Waals surface area contributed by atoms with Crippen LogP contribution in [-0.2, 0) is 16.6 Å². The predicted octanol–water partition coefficient (Wildman–Crippen LogP) is 2.67. The molecule has 3 rings (SSSR count). The molecule has 1 fully saturated rings. The Labute approximate surface area is 151 Å². The Morgan fingerprint density at radius 3 is 2.60 bits per heavy atom. The SMILES string of the molecule is CCN1CCN(C(=O)c2ccc(C[S@](=O)c3cccc(C)c3)o2)CC1. The van der Waals surface area contributed by atoms with Crippen molar-refractivity contribution in [2.45, 2.75) is 24.5 Å². The third kappa shape index (κ3) is 4.38. The van der Waals surface area contributed by atoms with Gasteiger partial charge in [-0.1, -0.05) is 19.1 Å². The molecule has 0 N–H and O–H groups in total. The average molecular weight is 360 g/mol. The van der Waals surface area contributed by atoms with Crippen LogP contribution >= 0.6 is 0 Å². The maximum atomic E-state index is 12.5. The lowest BCUT2D eigenvalue weighted by atomic mass is 10.2. The fourth-order valence-corrected chi connectivity index (χ4v) is 4.09. The highest BCUT2D eigenvalue weighted by Gasteiger charge is 2.23. The van der Waals surface area contributed by atoms with Gasteiger partial charge in [0.25, 0.3) is 5.91 Å². The number of hydrogen-bond acceptors (Lipinski definition) is 4. The number of carbonyl (C=O) groups is 1. The third-order valence-electron chi connectivity index (χ3n) is 4.50. The summed E-state index contributed by atoms with van der Waals surface area (Å²) in [7, 11) is -1.18. The van der Waals surface area contributed by atoms with Gasteiger partial charge < -0.3 is 14.2 Å². The molecule has 0 aliphatic carbocycles. The number of nitrogens with zero attached hydrogens (tertiary/aromatic N) is 2. The van der Waals surface area contributed by atoms with E-state index in [4.69, 9.17) is 4.42 Å². The van der Waals surface area contributed by atoms with Crippen LogP contribution in [0, 0.1) is 6.92 Å². The molecule has 1 saturated heterocycles. The van der Waals surface area contributed by atoms with Gasteiger partial charge in [-0.3, -0.25) is 9.00 Å². The second-order valence-corrected chi connectivity index (χ2v) is 7.75. The minimum absolute atomic E-state index is 0.0802. The van der Waals surface area contributed by atoms with Crippen LogP contribution in [0.1, 0.15) is 28.8 Å². The van der Waals surface area contributed by atoms with E-state index >= 15 is 0 Å². The molecule has 0 unspecified atom stereocenters. The van der Waals surface area contributed by atoms with Gasteiger partial charge in [0.05, 0.1) is 16.6 Å². The summed E-state index contributed by atoms with van der Waals surface area (Å²) < 4.78 is 18.1. The molecule has 1 aliphatic rings. The van der Waals surface area contributed by atoms with E-state index in [0.29, 0.717) is 11.5 Å². The zero-order valence-corrected chi connectivity index (χ0v) is 15.6. The van der Waals surface area contributed by atoms with E-state index in [-0.39, 0.29) is 11.7 Å². The second kappa shape index (κ2) is 7.97.